The third-order valence-corrected chi connectivity index (χ3v) is 14.5. The van der Waals surface area contributed by atoms with Gasteiger partial charge in [0.15, 0.2) is 0 Å². The van der Waals surface area contributed by atoms with Gasteiger partial charge in [0.2, 0.25) is 23.1 Å². The highest BCUT2D eigenvalue weighted by Gasteiger charge is 2.36. The number of carbonyl (C=O) groups excluding carboxylic acids is 6. The van der Waals surface area contributed by atoms with E-state index in [1.807, 2.05) is 60.7 Å². The molecule has 4 aromatic carbocycles. The van der Waals surface area contributed by atoms with Crippen LogP contribution in [0, 0.1) is 0 Å². The van der Waals surface area contributed by atoms with Crippen molar-refractivity contribution >= 4 is 133 Å². The average Bonchev–Trinajstić information content (AvgIpc) is 4.15. The SMILES string of the molecule is O=C1C(=O)c2ccccc2/C1=C/c1cc2c(s1)c1sc3c4sc(/C=C5\C(=O)C(=O)c6ccccc65)cc4n(C(=O)OCc4ccccc4)c3c1n2C(=O)OCc1ccccc1. The first-order chi connectivity index (χ1) is 29.7. The van der Waals surface area contributed by atoms with Gasteiger partial charge >= 0.3 is 12.2 Å². The molecule has 0 N–H and O–H groups in total. The van der Waals surface area contributed by atoms with E-state index in [2.05, 4.69) is 0 Å². The van der Waals surface area contributed by atoms with E-state index in [1.165, 1.54) is 43.1 Å². The monoisotopic (exact) mass is 854 g/mol. The molecule has 13 heteroatoms. The molecular weight excluding hydrogens is 829 g/mol. The maximum atomic E-state index is 14.5. The highest BCUT2D eigenvalue weighted by atomic mass is 32.1. The minimum absolute atomic E-state index is 0.0137. The summed E-state index contributed by atoms with van der Waals surface area (Å²) < 4.78 is 17.7. The van der Waals surface area contributed by atoms with E-state index in [4.69, 9.17) is 9.47 Å². The summed E-state index contributed by atoms with van der Waals surface area (Å²) in [7, 11) is 0. The molecule has 2 aliphatic carbocycles. The fraction of sp³-hybridized carbons (Fsp3) is 0.0417. The molecule has 0 atom stereocenters. The van der Waals surface area contributed by atoms with Crippen LogP contribution in [0.25, 0.3) is 64.2 Å². The maximum absolute atomic E-state index is 14.5. The normalized spacial score (nSPS) is 15.0. The second-order valence-corrected chi connectivity index (χ2v) is 17.6. The topological polar surface area (TPSA) is 131 Å². The van der Waals surface area contributed by atoms with Gasteiger partial charge in [0.05, 0.1) is 40.9 Å². The Hall–Kier alpha value is -7.32. The molecule has 5 heterocycles. The number of nitrogens with zero attached hydrogens (tertiary/aromatic N) is 2. The molecule has 0 bridgehead atoms. The maximum Gasteiger partial charge on any atom is 0.419 e. The highest BCUT2D eigenvalue weighted by molar-refractivity contribution is 7.34. The zero-order chi connectivity index (χ0) is 41.5. The Morgan fingerprint density at radius 3 is 1.25 bits per heavy atom. The van der Waals surface area contributed by atoms with Gasteiger partial charge in [-0.05, 0) is 46.5 Å². The highest BCUT2D eigenvalue weighted by Crippen LogP contribution is 2.50. The zero-order valence-electron chi connectivity index (χ0n) is 31.5. The van der Waals surface area contributed by atoms with E-state index in [0.29, 0.717) is 72.9 Å². The Labute approximate surface area is 356 Å². The van der Waals surface area contributed by atoms with Crippen molar-refractivity contribution < 1.29 is 38.2 Å². The standard InChI is InChI=1S/C48H26N2O8S3/c51-39-31-17-9-7-15-29(31)33(41(39)53)19-27-21-35-43(59-27)45-37(49(35)47(55)57-23-25-11-3-1-4-12-25)38-46(61-45)44-36(50(38)48(56)58-24-26-13-5-2-6-14-26)22-28(60-44)20-34-30-16-8-10-18-32(30)40(52)42(34)54/h1-22H,23-24H2/b33-19-,34-20-. The largest absolute Gasteiger partial charge is 0.444 e. The first-order valence-corrected chi connectivity index (χ1v) is 21.5. The van der Waals surface area contributed by atoms with Crippen LogP contribution in [0.4, 0.5) is 9.59 Å². The van der Waals surface area contributed by atoms with Crippen LogP contribution >= 0.6 is 34.0 Å². The van der Waals surface area contributed by atoms with Crippen molar-refractivity contribution in [3.63, 3.8) is 0 Å². The molecule has 0 saturated carbocycles. The number of hydrogen-bond donors (Lipinski definition) is 0. The molecule has 5 aromatic heterocycles. The van der Waals surface area contributed by atoms with Gasteiger partial charge in [0, 0.05) is 32.0 Å². The Morgan fingerprint density at radius 1 is 0.459 bits per heavy atom. The van der Waals surface area contributed by atoms with Gasteiger partial charge in [-0.1, -0.05) is 109 Å². The number of Topliss-reactive ketones (excluding diaryl/α,β-unsaturated/α-hetero) is 4. The van der Waals surface area contributed by atoms with E-state index in [0.717, 1.165) is 11.1 Å². The Balaban J connectivity index is 1.12. The lowest BCUT2D eigenvalue weighted by Crippen LogP contribution is -2.16. The predicted octanol–water partition coefficient (Wildman–Crippen LogP) is 11.1. The number of benzene rings is 4. The number of thiophene rings is 3. The number of allylic oxidation sites excluding steroid dienone is 2. The van der Waals surface area contributed by atoms with Gasteiger partial charge in [-0.3, -0.25) is 19.2 Å². The predicted molar refractivity (Wildman–Crippen MR) is 237 cm³/mol. The summed E-state index contributed by atoms with van der Waals surface area (Å²) in [4.78, 5) is 82.4. The molecule has 0 fully saturated rings. The number of fused-ring (bicyclic) bond motifs is 9. The van der Waals surface area contributed by atoms with E-state index < -0.39 is 35.3 Å². The minimum atomic E-state index is -0.680. The van der Waals surface area contributed by atoms with Crippen molar-refractivity contribution in [2.24, 2.45) is 0 Å². The summed E-state index contributed by atoms with van der Waals surface area (Å²) in [6, 6.07) is 35.9. The summed E-state index contributed by atoms with van der Waals surface area (Å²) in [5, 5.41) is 0. The van der Waals surface area contributed by atoms with Crippen LogP contribution in [0.15, 0.2) is 121 Å². The zero-order valence-corrected chi connectivity index (χ0v) is 34.0. The van der Waals surface area contributed by atoms with Crippen LogP contribution in [0.5, 0.6) is 0 Å². The van der Waals surface area contributed by atoms with E-state index >= 15 is 0 Å². The molecule has 0 unspecified atom stereocenters. The second kappa shape index (κ2) is 14.2. The lowest BCUT2D eigenvalue weighted by Gasteiger charge is -2.10. The molecule has 0 spiro atoms. The van der Waals surface area contributed by atoms with Crippen molar-refractivity contribution in [1.29, 1.82) is 0 Å². The molecule has 2 aliphatic rings. The van der Waals surface area contributed by atoms with E-state index in [9.17, 15) is 28.8 Å². The molecule has 0 radical (unpaired) electrons. The second-order valence-electron chi connectivity index (χ2n) is 14.5. The first-order valence-electron chi connectivity index (χ1n) is 19.0. The van der Waals surface area contributed by atoms with Crippen LogP contribution in [0.2, 0.25) is 0 Å². The Morgan fingerprint density at radius 2 is 0.836 bits per heavy atom. The molecule has 0 aliphatic heterocycles. The van der Waals surface area contributed by atoms with Crippen molar-refractivity contribution in [2.45, 2.75) is 13.2 Å². The lowest BCUT2D eigenvalue weighted by molar-refractivity contribution is -0.110. The van der Waals surface area contributed by atoms with Crippen LogP contribution in [-0.4, -0.2) is 44.5 Å². The number of ether oxygens (including phenoxy) is 2. The number of rotatable bonds is 6. The third kappa shape index (κ3) is 5.80. The number of hydrogen-bond acceptors (Lipinski definition) is 11. The van der Waals surface area contributed by atoms with Crippen LogP contribution in [0.3, 0.4) is 0 Å². The quantitative estimate of drug-likeness (QED) is 0.119. The van der Waals surface area contributed by atoms with Crippen molar-refractivity contribution in [2.75, 3.05) is 0 Å². The summed E-state index contributed by atoms with van der Waals surface area (Å²) in [5.74, 6) is -2.33. The van der Waals surface area contributed by atoms with Gasteiger partial charge in [-0.2, -0.15) is 0 Å². The van der Waals surface area contributed by atoms with Crippen molar-refractivity contribution in [3.8, 4) is 0 Å². The molecule has 10 nitrogen and oxygen atoms in total. The van der Waals surface area contributed by atoms with Gasteiger partial charge in [0.25, 0.3) is 0 Å². The Kier molecular flexibility index (Phi) is 8.53. The van der Waals surface area contributed by atoms with Crippen LogP contribution in [0.1, 0.15) is 52.7 Å². The lowest BCUT2D eigenvalue weighted by atomic mass is 10.1. The molecule has 11 rings (SSSR count). The number of ketones is 4. The van der Waals surface area contributed by atoms with Crippen LogP contribution in [-0.2, 0) is 32.3 Å². The third-order valence-electron chi connectivity index (χ3n) is 10.8. The van der Waals surface area contributed by atoms with Gasteiger partial charge in [-0.25, -0.2) is 18.7 Å². The van der Waals surface area contributed by atoms with Gasteiger partial charge in [-0.15, -0.1) is 34.0 Å². The smallest absolute Gasteiger partial charge is 0.419 e. The fourth-order valence-corrected chi connectivity index (χ4v) is 11.8. The van der Waals surface area contributed by atoms with Crippen LogP contribution < -0.4 is 0 Å². The first kappa shape index (κ1) is 36.7. The average molecular weight is 855 g/mol. The Bertz CT molecular complexity index is 3260. The van der Waals surface area contributed by atoms with Crippen molar-refractivity contribution in [1.82, 2.24) is 9.13 Å². The number of aromatic nitrogens is 2. The number of carbonyl (C=O) groups is 6. The molecule has 294 valence electrons. The van der Waals surface area contributed by atoms with Gasteiger partial charge in [0.1, 0.15) is 13.2 Å². The van der Waals surface area contributed by atoms with Crippen molar-refractivity contribution in [3.05, 3.63) is 164 Å². The minimum Gasteiger partial charge on any atom is -0.444 e. The molecule has 9 aromatic rings. The summed E-state index contributed by atoms with van der Waals surface area (Å²) in [6.07, 6.45) is 2.00. The molecule has 0 saturated heterocycles. The summed E-state index contributed by atoms with van der Waals surface area (Å²) in [5.41, 5.74) is 5.81. The van der Waals surface area contributed by atoms with Gasteiger partial charge < -0.3 is 9.47 Å². The van der Waals surface area contributed by atoms with E-state index in [-0.39, 0.29) is 24.4 Å². The fourth-order valence-electron chi connectivity index (χ4n) is 8.06. The summed E-state index contributed by atoms with van der Waals surface area (Å²) in [6.45, 7) is -0.0275. The molecule has 61 heavy (non-hydrogen) atoms. The molecule has 0 amide bonds. The summed E-state index contributed by atoms with van der Waals surface area (Å²) >= 11 is 4.10. The van der Waals surface area contributed by atoms with E-state index in [1.54, 1.807) is 72.8 Å². The molecular formula is C48H26N2O8S3.